The van der Waals surface area contributed by atoms with Gasteiger partial charge in [0.15, 0.2) is 12.2 Å². The van der Waals surface area contributed by atoms with Crippen molar-refractivity contribution in [1.29, 1.82) is 0 Å². The normalized spacial score (nSPS) is 13.7. The van der Waals surface area contributed by atoms with Crippen LogP contribution in [0.25, 0.3) is 0 Å². The van der Waals surface area contributed by atoms with Gasteiger partial charge in [-0.15, -0.1) is 0 Å². The van der Waals surface area contributed by atoms with Gasteiger partial charge in [-0.1, -0.05) is 413 Å². The molecule has 0 bridgehead atoms. The van der Waals surface area contributed by atoms with E-state index in [1.54, 1.807) is 0 Å². The molecular weight excluding hydrogens is 1350 g/mol. The lowest BCUT2D eigenvalue weighted by atomic mass is 10.0. The van der Waals surface area contributed by atoms with Crippen molar-refractivity contribution in [1.82, 2.24) is 0 Å². The summed E-state index contributed by atoms with van der Waals surface area (Å²) in [6, 6.07) is 0. The molecule has 0 spiro atoms. The van der Waals surface area contributed by atoms with Crippen molar-refractivity contribution in [3.63, 3.8) is 0 Å². The van der Waals surface area contributed by atoms with Gasteiger partial charge in [0.25, 0.3) is 0 Å². The summed E-state index contributed by atoms with van der Waals surface area (Å²) in [5.74, 6) is -2.10. The van der Waals surface area contributed by atoms with Crippen molar-refractivity contribution in [2.24, 2.45) is 0 Å². The molecule has 2 unspecified atom stereocenters. The highest BCUT2D eigenvalue weighted by Gasteiger charge is 2.30. The Morgan fingerprint density at radius 2 is 0.385 bits per heavy atom. The van der Waals surface area contributed by atoms with Crippen molar-refractivity contribution in [2.75, 3.05) is 39.6 Å². The van der Waals surface area contributed by atoms with Crippen LogP contribution in [0.5, 0.6) is 0 Å². The quantitative estimate of drug-likeness (QED) is 0.0222. The number of ether oxygens (including phenoxy) is 4. The first-order chi connectivity index (χ1) is 50.7. The molecule has 0 radical (unpaired) electrons. The number of rotatable bonds is 86. The lowest BCUT2D eigenvalue weighted by Gasteiger charge is -2.21. The minimum absolute atomic E-state index is 0.109. The molecule has 0 heterocycles. The van der Waals surface area contributed by atoms with Crippen LogP contribution in [-0.4, -0.2) is 96.7 Å². The van der Waals surface area contributed by atoms with Crippen molar-refractivity contribution in [2.45, 2.75) is 483 Å². The second kappa shape index (κ2) is 79.2. The largest absolute Gasteiger partial charge is 0.472 e. The van der Waals surface area contributed by atoms with E-state index in [-0.39, 0.29) is 25.7 Å². The Morgan fingerprint density at radius 3 is 0.567 bits per heavy atom. The second-order valence-electron chi connectivity index (χ2n) is 30.6. The van der Waals surface area contributed by atoms with E-state index in [0.29, 0.717) is 25.7 Å². The van der Waals surface area contributed by atoms with Crippen LogP contribution < -0.4 is 0 Å². The predicted molar refractivity (Wildman–Crippen MR) is 428 cm³/mol. The van der Waals surface area contributed by atoms with E-state index in [4.69, 9.17) is 37.0 Å². The summed E-state index contributed by atoms with van der Waals surface area (Å²) >= 11 is 0. The Hall–Kier alpha value is -1.94. The van der Waals surface area contributed by atoms with Gasteiger partial charge >= 0.3 is 39.5 Å². The van der Waals surface area contributed by atoms with Crippen molar-refractivity contribution in [3.8, 4) is 0 Å². The van der Waals surface area contributed by atoms with Crippen LogP contribution in [0.2, 0.25) is 0 Å². The van der Waals surface area contributed by atoms with Gasteiger partial charge < -0.3 is 33.8 Å². The summed E-state index contributed by atoms with van der Waals surface area (Å²) in [4.78, 5) is 73.2. The van der Waals surface area contributed by atoms with E-state index in [2.05, 4.69) is 27.7 Å². The number of unbranched alkanes of at least 4 members (excludes halogenated alkanes) is 60. The van der Waals surface area contributed by atoms with Crippen LogP contribution in [0, 0.1) is 0 Å². The van der Waals surface area contributed by atoms with Gasteiger partial charge in [-0.3, -0.25) is 37.3 Å². The average molecular weight is 1520 g/mol. The fourth-order valence-electron chi connectivity index (χ4n) is 13.3. The molecule has 104 heavy (non-hydrogen) atoms. The SMILES string of the molecule is CCCCCCCCCCCCCCCCCCCCC(=O)O[C@H](COC(=O)CCCCCCCCCCCCCCCCCCC)COP(=O)(O)OC[C@@H](O)COP(=O)(O)OC[C@@H](COC(=O)CCCCCCCCCCCCCC)OC(=O)CCCCCCCCCCCCCCCCCCC. The van der Waals surface area contributed by atoms with Gasteiger partial charge in [0, 0.05) is 25.7 Å². The molecule has 5 atom stereocenters. The summed E-state index contributed by atoms with van der Waals surface area (Å²) < 4.78 is 68.9. The van der Waals surface area contributed by atoms with E-state index >= 15 is 0 Å². The second-order valence-corrected chi connectivity index (χ2v) is 33.5. The number of phosphoric ester groups is 2. The highest BCUT2D eigenvalue weighted by molar-refractivity contribution is 7.47. The summed E-state index contributed by atoms with van der Waals surface area (Å²) in [7, 11) is -9.92. The Kier molecular flexibility index (Phi) is 77.7. The molecule has 0 aromatic rings. The molecule has 0 fully saturated rings. The minimum Gasteiger partial charge on any atom is -0.462 e. The molecule has 19 heteroatoms. The number of hydrogen-bond donors (Lipinski definition) is 3. The van der Waals surface area contributed by atoms with E-state index in [1.165, 1.54) is 295 Å². The number of aliphatic hydroxyl groups excluding tert-OH is 1. The smallest absolute Gasteiger partial charge is 0.462 e. The van der Waals surface area contributed by atoms with Gasteiger partial charge in [-0.25, -0.2) is 9.13 Å². The van der Waals surface area contributed by atoms with Gasteiger partial charge in [0.1, 0.15) is 19.3 Å². The minimum atomic E-state index is -4.96. The molecular formula is C85H166O17P2. The molecule has 0 amide bonds. The summed E-state index contributed by atoms with van der Waals surface area (Å²) in [5.41, 5.74) is 0. The zero-order chi connectivity index (χ0) is 76.0. The Labute approximate surface area is 638 Å². The summed E-state index contributed by atoms with van der Waals surface area (Å²) in [6.45, 7) is 5.06. The van der Waals surface area contributed by atoms with Gasteiger partial charge in [-0.2, -0.15) is 0 Å². The zero-order valence-corrected chi connectivity index (χ0v) is 69.8. The Balaban J connectivity index is 5.25. The van der Waals surface area contributed by atoms with E-state index in [1.807, 2.05) is 0 Å². The highest BCUT2D eigenvalue weighted by atomic mass is 31.2. The third-order valence-electron chi connectivity index (χ3n) is 20.1. The monoisotopic (exact) mass is 1520 g/mol. The van der Waals surface area contributed by atoms with Crippen LogP contribution in [0.4, 0.5) is 0 Å². The topological polar surface area (TPSA) is 237 Å². The van der Waals surface area contributed by atoms with Crippen molar-refractivity contribution in [3.05, 3.63) is 0 Å². The molecule has 0 aromatic carbocycles. The molecule has 0 aliphatic carbocycles. The van der Waals surface area contributed by atoms with E-state index < -0.39 is 97.5 Å². The molecule has 0 rings (SSSR count). The van der Waals surface area contributed by atoms with E-state index in [0.717, 1.165) is 89.9 Å². The average Bonchev–Trinajstić information content (AvgIpc) is 0.907. The molecule has 618 valence electrons. The third-order valence-corrected chi connectivity index (χ3v) is 22.0. The van der Waals surface area contributed by atoms with Crippen LogP contribution in [-0.2, 0) is 65.4 Å². The van der Waals surface area contributed by atoms with Gasteiger partial charge in [0.2, 0.25) is 0 Å². The predicted octanol–water partition coefficient (Wildman–Crippen LogP) is 26.1. The lowest BCUT2D eigenvalue weighted by Crippen LogP contribution is -2.30. The Bertz CT molecular complexity index is 1960. The Morgan fingerprint density at radius 1 is 0.231 bits per heavy atom. The fourth-order valence-corrected chi connectivity index (χ4v) is 14.9. The molecule has 0 saturated heterocycles. The molecule has 0 aliphatic rings. The number of esters is 4. The summed E-state index contributed by atoms with van der Waals surface area (Å²) in [5, 5.41) is 10.7. The number of aliphatic hydroxyl groups is 1. The van der Waals surface area contributed by atoms with Crippen LogP contribution in [0.3, 0.4) is 0 Å². The van der Waals surface area contributed by atoms with Crippen molar-refractivity contribution >= 4 is 39.5 Å². The maximum Gasteiger partial charge on any atom is 0.472 e. The van der Waals surface area contributed by atoms with E-state index in [9.17, 15) is 43.2 Å². The van der Waals surface area contributed by atoms with Crippen LogP contribution >= 0.6 is 15.6 Å². The van der Waals surface area contributed by atoms with Crippen molar-refractivity contribution < 1.29 is 80.2 Å². The standard InChI is InChI=1S/C85H166O17P2/c1-5-9-13-17-21-25-29-33-36-39-42-45-48-52-56-60-64-68-72-85(90)102-81(76-96-83(88)70-66-62-58-54-50-46-43-40-37-34-30-26-22-18-14-10-6-2)78-100-104(93,94)98-74-79(86)73-97-103(91,92)99-77-80(75-95-82(87)69-65-61-57-53-49-32-28-24-20-16-12-8-4)101-84(89)71-67-63-59-55-51-47-44-41-38-35-31-27-23-19-15-11-7-3/h79-81,86H,5-78H2,1-4H3,(H,91,92)(H,93,94)/t79-,80+,81+/m0/s1. The zero-order valence-electron chi connectivity index (χ0n) is 68.0. The van der Waals surface area contributed by atoms with Crippen LogP contribution in [0.15, 0.2) is 0 Å². The molecule has 17 nitrogen and oxygen atoms in total. The van der Waals surface area contributed by atoms with Gasteiger partial charge in [0.05, 0.1) is 26.4 Å². The number of hydrogen-bond acceptors (Lipinski definition) is 15. The number of carbonyl (C=O) groups is 4. The summed E-state index contributed by atoms with van der Waals surface area (Å²) in [6.07, 6.45) is 73.4. The number of carbonyl (C=O) groups excluding carboxylic acids is 4. The maximum absolute atomic E-state index is 13.1. The molecule has 0 aliphatic heterocycles. The molecule has 3 N–H and O–H groups in total. The first kappa shape index (κ1) is 102. The number of phosphoric acid groups is 2. The fraction of sp³-hybridized carbons (Fsp3) is 0.953. The molecule has 0 aromatic heterocycles. The van der Waals surface area contributed by atoms with Crippen LogP contribution in [0.1, 0.15) is 464 Å². The third kappa shape index (κ3) is 78.2. The van der Waals surface area contributed by atoms with Gasteiger partial charge in [-0.05, 0) is 25.7 Å². The lowest BCUT2D eigenvalue weighted by molar-refractivity contribution is -0.161. The first-order valence-corrected chi connectivity index (χ1v) is 47.3. The first-order valence-electron chi connectivity index (χ1n) is 44.3. The maximum atomic E-state index is 13.1. The molecule has 0 saturated carbocycles. The highest BCUT2D eigenvalue weighted by Crippen LogP contribution is 2.45.